The average Bonchev–Trinajstić information content (AvgIpc) is 2.65. The fraction of sp³-hybridized carbons (Fsp3) is 0.333. The number of carbonyl (C=O) groups is 1. The lowest BCUT2D eigenvalue weighted by molar-refractivity contribution is -0.121. The molecule has 0 aliphatic carbocycles. The van der Waals surface area contributed by atoms with E-state index in [-0.39, 0.29) is 17.2 Å². The van der Waals surface area contributed by atoms with Gasteiger partial charge in [-0.15, -0.1) is 0 Å². The van der Waals surface area contributed by atoms with Crippen molar-refractivity contribution >= 4 is 15.9 Å². The minimum absolute atomic E-state index is 0.121. The van der Waals surface area contributed by atoms with E-state index in [0.717, 1.165) is 9.87 Å². The number of aromatic nitrogens is 1. The molecule has 0 unspecified atom stereocenters. The highest BCUT2D eigenvalue weighted by Crippen LogP contribution is 2.25. The summed E-state index contributed by atoms with van der Waals surface area (Å²) in [6.45, 7) is 0.424. The summed E-state index contributed by atoms with van der Waals surface area (Å²) in [5.41, 5.74) is 1.64. The van der Waals surface area contributed by atoms with Crippen molar-refractivity contribution in [2.75, 3.05) is 21.2 Å². The maximum absolute atomic E-state index is 12.3. The van der Waals surface area contributed by atoms with E-state index < -0.39 is 10.0 Å². The number of hydrogen-bond donors (Lipinski definition) is 1. The number of carbonyl (C=O) groups excluding carboxylic acids is 1. The molecule has 0 bridgehead atoms. The van der Waals surface area contributed by atoms with Crippen LogP contribution >= 0.6 is 0 Å². The predicted molar refractivity (Wildman–Crippen MR) is 98.3 cm³/mol. The first-order valence-corrected chi connectivity index (χ1v) is 9.53. The van der Waals surface area contributed by atoms with Gasteiger partial charge >= 0.3 is 0 Å². The van der Waals surface area contributed by atoms with Gasteiger partial charge in [-0.2, -0.15) is 0 Å². The molecule has 0 aliphatic heterocycles. The lowest BCUT2D eigenvalue weighted by atomic mass is 10.1. The van der Waals surface area contributed by atoms with Crippen molar-refractivity contribution in [1.29, 1.82) is 0 Å². The highest BCUT2D eigenvalue weighted by atomic mass is 32.2. The van der Waals surface area contributed by atoms with Crippen LogP contribution in [0.2, 0.25) is 0 Å². The molecule has 1 heterocycles. The third-order valence-corrected chi connectivity index (χ3v) is 5.70. The number of methoxy groups -OCH3 is 1. The van der Waals surface area contributed by atoms with E-state index in [1.807, 2.05) is 12.1 Å². The lowest BCUT2D eigenvalue weighted by Crippen LogP contribution is -2.23. The van der Waals surface area contributed by atoms with Gasteiger partial charge in [-0.3, -0.25) is 9.78 Å². The van der Waals surface area contributed by atoms with Gasteiger partial charge in [0.05, 0.1) is 12.0 Å². The Hall–Kier alpha value is -2.45. The van der Waals surface area contributed by atoms with Crippen LogP contribution in [0.15, 0.2) is 47.6 Å². The zero-order valence-electron chi connectivity index (χ0n) is 15.1. The molecule has 0 saturated heterocycles. The summed E-state index contributed by atoms with van der Waals surface area (Å²) >= 11 is 0. The molecule has 0 fully saturated rings. The first kappa shape index (κ1) is 19.9. The molecule has 2 aromatic rings. The van der Waals surface area contributed by atoms with Crippen molar-refractivity contribution in [2.45, 2.75) is 24.3 Å². The molecule has 1 aromatic carbocycles. The Morgan fingerprint density at radius 2 is 1.88 bits per heavy atom. The van der Waals surface area contributed by atoms with Crippen molar-refractivity contribution in [2.24, 2.45) is 0 Å². The molecule has 0 radical (unpaired) electrons. The molecule has 26 heavy (non-hydrogen) atoms. The van der Waals surface area contributed by atoms with Crippen molar-refractivity contribution in [3.8, 4) is 5.75 Å². The standard InChI is InChI=1S/C18H23N3O4S/c1-21(2)26(23,24)16-5-6-17(25-3)15(12-16)4-7-18(22)20-13-14-8-10-19-11-9-14/h5-6,8-12H,4,7,13H2,1-3H3,(H,20,22). The number of amides is 1. The Morgan fingerprint density at radius 3 is 2.50 bits per heavy atom. The summed E-state index contributed by atoms with van der Waals surface area (Å²) in [6.07, 6.45) is 3.95. The number of pyridine rings is 1. The first-order valence-electron chi connectivity index (χ1n) is 8.09. The van der Waals surface area contributed by atoms with Crippen LogP contribution in [-0.2, 0) is 27.8 Å². The van der Waals surface area contributed by atoms with E-state index in [2.05, 4.69) is 10.3 Å². The first-order chi connectivity index (χ1) is 12.3. The van der Waals surface area contributed by atoms with Gasteiger partial charge < -0.3 is 10.1 Å². The zero-order chi connectivity index (χ0) is 19.2. The van der Waals surface area contributed by atoms with E-state index in [1.54, 1.807) is 24.5 Å². The fourth-order valence-corrected chi connectivity index (χ4v) is 3.31. The average molecular weight is 377 g/mol. The van der Waals surface area contributed by atoms with Crippen molar-refractivity contribution in [1.82, 2.24) is 14.6 Å². The maximum atomic E-state index is 12.3. The number of nitrogens with one attached hydrogen (secondary N) is 1. The molecular formula is C18H23N3O4S. The predicted octanol–water partition coefficient (Wildman–Crippen LogP) is 1.59. The largest absolute Gasteiger partial charge is 0.496 e. The number of benzene rings is 1. The normalized spacial score (nSPS) is 11.4. The topological polar surface area (TPSA) is 88.6 Å². The molecule has 0 aliphatic rings. The van der Waals surface area contributed by atoms with Gasteiger partial charge in [0.25, 0.3) is 0 Å². The SMILES string of the molecule is COc1ccc(S(=O)(=O)N(C)C)cc1CCC(=O)NCc1ccncc1. The van der Waals surface area contributed by atoms with E-state index in [4.69, 9.17) is 4.74 Å². The Bertz CT molecular complexity index is 852. The monoisotopic (exact) mass is 377 g/mol. The second-order valence-corrected chi connectivity index (χ2v) is 8.05. The number of aryl methyl sites for hydroxylation is 1. The van der Waals surface area contributed by atoms with Crippen LogP contribution in [0.25, 0.3) is 0 Å². The summed E-state index contributed by atoms with van der Waals surface area (Å²) in [4.78, 5) is 16.2. The quantitative estimate of drug-likeness (QED) is 0.755. The van der Waals surface area contributed by atoms with E-state index in [0.29, 0.717) is 24.3 Å². The zero-order valence-corrected chi connectivity index (χ0v) is 15.9. The lowest BCUT2D eigenvalue weighted by Gasteiger charge is -2.14. The molecule has 0 spiro atoms. The molecular weight excluding hydrogens is 354 g/mol. The summed E-state index contributed by atoms with van der Waals surface area (Å²) < 4.78 is 31.0. The summed E-state index contributed by atoms with van der Waals surface area (Å²) in [5.74, 6) is 0.439. The Balaban J connectivity index is 2.04. The molecule has 0 atom stereocenters. The third kappa shape index (κ3) is 5.03. The second-order valence-electron chi connectivity index (χ2n) is 5.89. The van der Waals surface area contributed by atoms with Crippen LogP contribution in [-0.4, -0.2) is 44.8 Å². The minimum atomic E-state index is -3.54. The highest BCUT2D eigenvalue weighted by Gasteiger charge is 2.19. The van der Waals surface area contributed by atoms with Crippen LogP contribution in [0.3, 0.4) is 0 Å². The van der Waals surface area contributed by atoms with Crippen molar-refractivity contribution in [3.05, 3.63) is 53.9 Å². The molecule has 8 heteroatoms. The minimum Gasteiger partial charge on any atom is -0.496 e. The van der Waals surface area contributed by atoms with E-state index >= 15 is 0 Å². The van der Waals surface area contributed by atoms with Gasteiger partial charge in [0, 0.05) is 39.5 Å². The fourth-order valence-electron chi connectivity index (χ4n) is 2.36. The van der Waals surface area contributed by atoms with Crippen LogP contribution < -0.4 is 10.1 Å². The number of ether oxygens (including phenoxy) is 1. The van der Waals surface area contributed by atoms with E-state index in [1.165, 1.54) is 27.3 Å². The van der Waals surface area contributed by atoms with Crippen LogP contribution in [0.5, 0.6) is 5.75 Å². The Kier molecular flexibility index (Phi) is 6.70. The van der Waals surface area contributed by atoms with Crippen molar-refractivity contribution in [3.63, 3.8) is 0 Å². The summed E-state index contributed by atoms with van der Waals surface area (Å²) in [6, 6.07) is 8.34. The summed E-state index contributed by atoms with van der Waals surface area (Å²) in [5, 5.41) is 2.84. The number of sulfonamides is 1. The molecule has 1 aromatic heterocycles. The smallest absolute Gasteiger partial charge is 0.242 e. The molecule has 0 saturated carbocycles. The van der Waals surface area contributed by atoms with Gasteiger partial charge in [-0.05, 0) is 47.9 Å². The van der Waals surface area contributed by atoms with Gasteiger partial charge in [0.2, 0.25) is 15.9 Å². The molecule has 1 N–H and O–H groups in total. The number of rotatable bonds is 8. The molecule has 7 nitrogen and oxygen atoms in total. The third-order valence-electron chi connectivity index (χ3n) is 3.89. The Labute approximate surface area is 154 Å². The Morgan fingerprint density at radius 1 is 1.19 bits per heavy atom. The van der Waals surface area contributed by atoms with Gasteiger partial charge in [-0.25, -0.2) is 12.7 Å². The maximum Gasteiger partial charge on any atom is 0.242 e. The molecule has 1 amide bonds. The molecule has 2 rings (SSSR count). The summed E-state index contributed by atoms with van der Waals surface area (Å²) in [7, 11) is 0.934. The van der Waals surface area contributed by atoms with Gasteiger partial charge in [-0.1, -0.05) is 0 Å². The number of nitrogens with zero attached hydrogens (tertiary/aromatic N) is 2. The van der Waals surface area contributed by atoms with Gasteiger partial charge in [0.1, 0.15) is 5.75 Å². The number of hydrogen-bond acceptors (Lipinski definition) is 5. The second kappa shape index (κ2) is 8.77. The molecule has 140 valence electrons. The highest BCUT2D eigenvalue weighted by molar-refractivity contribution is 7.89. The van der Waals surface area contributed by atoms with Crippen LogP contribution in [0, 0.1) is 0 Å². The van der Waals surface area contributed by atoms with Crippen LogP contribution in [0.4, 0.5) is 0 Å². The van der Waals surface area contributed by atoms with Crippen molar-refractivity contribution < 1.29 is 17.9 Å². The van der Waals surface area contributed by atoms with E-state index in [9.17, 15) is 13.2 Å². The van der Waals surface area contributed by atoms with Crippen LogP contribution in [0.1, 0.15) is 17.5 Å². The van der Waals surface area contributed by atoms with Gasteiger partial charge in [0.15, 0.2) is 0 Å².